The number of nitrogens with zero attached hydrogens (tertiary/aromatic N) is 4. The Balaban J connectivity index is 0.913. The molecule has 0 unspecified atom stereocenters. The van der Waals surface area contributed by atoms with Crippen molar-refractivity contribution in [2.75, 3.05) is 19.6 Å². The van der Waals surface area contributed by atoms with E-state index in [9.17, 15) is 0 Å². The number of ether oxygens (including phenoxy) is 1. The molecule has 0 aliphatic carbocycles. The molecule has 19 rings (SSSR count). The maximum Gasteiger partial charge on any atom is 0.256 e. The fourth-order valence-corrected chi connectivity index (χ4v) is 17.9. The topological polar surface area (TPSA) is 22.2 Å². The molecular weight excluding hydrogens is 1300 g/mol. The zero-order valence-corrected chi connectivity index (χ0v) is 61.1. The number of hydrogen-bond donors (Lipinski definition) is 0. The van der Waals surface area contributed by atoms with Gasteiger partial charge in [-0.1, -0.05) is 307 Å². The van der Waals surface area contributed by atoms with Gasteiger partial charge >= 0.3 is 0 Å². The number of anilines is 12. The minimum Gasteiger partial charge on any atom is -0.458 e. The summed E-state index contributed by atoms with van der Waals surface area (Å²) in [7, 11) is 0. The van der Waals surface area contributed by atoms with Crippen molar-refractivity contribution < 1.29 is 4.74 Å². The summed E-state index contributed by atoms with van der Waals surface area (Å²) in [6.07, 6.45) is 0. The summed E-state index contributed by atoms with van der Waals surface area (Å²) >= 11 is 1.90. The van der Waals surface area contributed by atoms with E-state index >= 15 is 0 Å². The van der Waals surface area contributed by atoms with Crippen molar-refractivity contribution in [1.82, 2.24) is 0 Å². The van der Waals surface area contributed by atoms with Crippen LogP contribution in [-0.2, 0) is 10.8 Å². The molecule has 0 N–H and O–H groups in total. The van der Waals surface area contributed by atoms with Crippen LogP contribution in [0.1, 0.15) is 52.7 Å². The lowest BCUT2D eigenvalue weighted by Gasteiger charge is -2.44. The van der Waals surface area contributed by atoms with Gasteiger partial charge in [0.25, 0.3) is 6.71 Å². The van der Waals surface area contributed by atoms with Crippen LogP contribution in [0.4, 0.5) is 68.2 Å². The van der Waals surface area contributed by atoms with E-state index in [2.05, 4.69) is 413 Å². The highest BCUT2D eigenvalue weighted by molar-refractivity contribution is 8.00. The Morgan fingerprint density at radius 3 is 1.36 bits per heavy atom. The molecule has 15 aromatic carbocycles. The third-order valence-corrected chi connectivity index (χ3v) is 23.0. The Morgan fingerprint density at radius 1 is 0.283 bits per heavy atom. The van der Waals surface area contributed by atoms with Crippen molar-refractivity contribution in [3.8, 4) is 56.0 Å². The zero-order valence-electron chi connectivity index (χ0n) is 60.2. The van der Waals surface area contributed by atoms with Crippen molar-refractivity contribution in [1.29, 1.82) is 0 Å². The average molecular weight is 1380 g/mol. The second-order valence-electron chi connectivity index (χ2n) is 30.4. The van der Waals surface area contributed by atoms with Crippen LogP contribution in [0.15, 0.2) is 362 Å². The first-order valence-electron chi connectivity index (χ1n) is 36.9. The smallest absolute Gasteiger partial charge is 0.256 e. The van der Waals surface area contributed by atoms with Crippen molar-refractivity contribution in [2.24, 2.45) is 0 Å². The van der Waals surface area contributed by atoms with E-state index in [1.54, 1.807) is 0 Å². The molecule has 0 bridgehead atoms. The van der Waals surface area contributed by atoms with Crippen LogP contribution in [0, 0.1) is 0 Å². The molecule has 0 atom stereocenters. The monoisotopic (exact) mass is 1380 g/mol. The molecule has 5 nitrogen and oxygen atoms in total. The first-order valence-corrected chi connectivity index (χ1v) is 37.8. The van der Waals surface area contributed by atoms with E-state index in [-0.39, 0.29) is 24.3 Å². The molecule has 4 aliphatic heterocycles. The lowest BCUT2D eigenvalue weighted by molar-refractivity contribution is 0.487. The Bertz CT molecular complexity index is 5750. The van der Waals surface area contributed by atoms with Crippen molar-refractivity contribution in [2.45, 2.75) is 62.2 Å². The lowest BCUT2D eigenvalue weighted by Crippen LogP contribution is -2.63. The van der Waals surface area contributed by atoms with Gasteiger partial charge in [-0.15, -0.1) is 0 Å². The van der Waals surface area contributed by atoms with E-state index in [0.717, 1.165) is 130 Å². The van der Waals surface area contributed by atoms with Crippen molar-refractivity contribution in [3.63, 3.8) is 0 Å². The molecule has 0 radical (unpaired) electrons. The largest absolute Gasteiger partial charge is 0.458 e. The van der Waals surface area contributed by atoms with Gasteiger partial charge in [0.2, 0.25) is 6.71 Å². The second kappa shape index (κ2) is 25.9. The molecule has 0 fully saturated rings. The van der Waals surface area contributed by atoms with Gasteiger partial charge in [-0.2, -0.15) is 0 Å². The Kier molecular flexibility index (Phi) is 15.8. The maximum atomic E-state index is 7.63. The van der Waals surface area contributed by atoms with Crippen molar-refractivity contribution >= 4 is 126 Å². The lowest BCUT2D eigenvalue weighted by atomic mass is 9.31. The zero-order chi connectivity index (χ0) is 71.4. The van der Waals surface area contributed by atoms with Crippen LogP contribution in [0.25, 0.3) is 44.5 Å². The Labute approximate surface area is 627 Å². The highest BCUT2D eigenvalue weighted by atomic mass is 32.2. The first kappa shape index (κ1) is 64.6. The normalized spacial score (nSPS) is 13.0. The molecule has 15 aromatic rings. The quantitative estimate of drug-likeness (QED) is 0.113. The highest BCUT2D eigenvalue weighted by Gasteiger charge is 2.48. The third kappa shape index (κ3) is 11.2. The Hall–Kier alpha value is -12.2. The van der Waals surface area contributed by atoms with E-state index in [4.69, 9.17) is 4.74 Å². The van der Waals surface area contributed by atoms with E-state index in [0.29, 0.717) is 0 Å². The predicted octanol–water partition coefficient (Wildman–Crippen LogP) is 23.1. The number of rotatable bonds is 12. The highest BCUT2D eigenvalue weighted by Crippen LogP contribution is 2.54. The van der Waals surface area contributed by atoms with Gasteiger partial charge in [0.05, 0.1) is 11.4 Å². The van der Waals surface area contributed by atoms with Crippen LogP contribution in [0.5, 0.6) is 11.5 Å². The summed E-state index contributed by atoms with van der Waals surface area (Å²) in [6.45, 7) is 13.4. The first-order chi connectivity index (χ1) is 51.8. The summed E-state index contributed by atoms with van der Waals surface area (Å²) in [5.74, 6) is 1.66. The van der Waals surface area contributed by atoms with Gasteiger partial charge in [-0.3, -0.25) is 0 Å². The molecule has 0 saturated carbocycles. The van der Waals surface area contributed by atoms with Gasteiger partial charge in [-0.25, -0.2) is 0 Å². The molecule has 0 aromatic heterocycles. The average Bonchev–Trinajstić information content (AvgIpc) is 0.690. The fourth-order valence-electron chi connectivity index (χ4n) is 16.7. The van der Waals surface area contributed by atoms with E-state index < -0.39 is 0 Å². The van der Waals surface area contributed by atoms with Gasteiger partial charge < -0.3 is 24.3 Å². The summed E-state index contributed by atoms with van der Waals surface area (Å²) in [6, 6.07) is 131. The summed E-state index contributed by atoms with van der Waals surface area (Å²) in [4.78, 5) is 12.5. The number of benzene rings is 15. The van der Waals surface area contributed by atoms with Crippen LogP contribution in [-0.4, -0.2) is 13.4 Å². The number of hydrogen-bond acceptors (Lipinski definition) is 6. The fraction of sp³-hybridized carbons (Fsp3) is 0.0816. The van der Waals surface area contributed by atoms with Gasteiger partial charge in [0.1, 0.15) is 11.5 Å². The molecule has 4 aliphatic rings. The predicted molar refractivity (Wildman–Crippen MR) is 451 cm³/mol. The number of fused-ring (bicyclic) bond motifs is 8. The molecule has 506 valence electrons. The SMILES string of the molecule is CC(C)(C)c1ccc(-c2cccc(-c3ccc(C(C)(C)C)cc3)c2N2c3cc4c(cc3B3c5ccccc5Oc5cc(N(c6ccc(-c7ccccc7)cc6)c6cccc(-c7ccccc7)c6)cc2c53)B2c3ccccc3N(c3ccccc3)c3cc(N(c5ccccc5)c5ccccc5)cc(c32)S4)cc1. The van der Waals surface area contributed by atoms with Crippen LogP contribution in [0.3, 0.4) is 0 Å². The van der Waals surface area contributed by atoms with E-state index in [1.165, 1.54) is 48.3 Å². The van der Waals surface area contributed by atoms with Gasteiger partial charge in [0.15, 0.2) is 0 Å². The molecule has 106 heavy (non-hydrogen) atoms. The van der Waals surface area contributed by atoms with Crippen molar-refractivity contribution in [3.05, 3.63) is 363 Å². The molecule has 0 spiro atoms. The minimum absolute atomic E-state index is 0.0556. The number of para-hydroxylation sites is 6. The summed E-state index contributed by atoms with van der Waals surface area (Å²) in [5.41, 5.74) is 31.8. The van der Waals surface area contributed by atoms with Gasteiger partial charge in [-0.05, 0) is 180 Å². The van der Waals surface area contributed by atoms with Crippen LogP contribution in [0.2, 0.25) is 0 Å². The summed E-state index contributed by atoms with van der Waals surface area (Å²) in [5, 5.41) is 0. The Morgan fingerprint density at radius 2 is 0.745 bits per heavy atom. The molecule has 8 heteroatoms. The second-order valence-corrected chi connectivity index (χ2v) is 31.5. The standard InChI is InChI=1S/C98H76B2N4OS/c1-97(2,3)71-52-46-68(47-53-71)80-40-27-41-81(69-48-54-72(55-49-69)98(4,5)6)96(80)104-87-64-92-85(99-82-42-22-24-44-86(82)103(75-37-20-11-21-38-75)89-60-79(62-93(106-92)95(89)99)101(73-33-16-9-17-34-73)74-35-18-10-19-36-74)63-84(87)100-83-43-23-25-45-90(83)105-91-61-78(59-88(104)94(91)100)102(76-56-50-67(51-57-76)65-28-12-7-13-29-65)77-39-26-32-70(58-77)66-30-14-8-15-31-66/h7-64H,1-6H3. The molecule has 4 heterocycles. The maximum absolute atomic E-state index is 7.63. The molecule has 0 amide bonds. The van der Waals surface area contributed by atoms with Crippen LogP contribution >= 0.6 is 11.8 Å². The van der Waals surface area contributed by atoms with Gasteiger partial charge in [0, 0.05) is 83.9 Å². The summed E-state index contributed by atoms with van der Waals surface area (Å²) < 4.78 is 7.63. The van der Waals surface area contributed by atoms with E-state index in [1.807, 2.05) is 11.8 Å². The minimum atomic E-state index is -0.244. The molecule has 0 saturated heterocycles. The third-order valence-electron chi connectivity index (χ3n) is 21.8. The van der Waals surface area contributed by atoms with Crippen LogP contribution < -0.4 is 57.1 Å². The molecular formula is C98H76B2N4OS.